The molecule has 2 amide bonds. The van der Waals surface area contributed by atoms with Gasteiger partial charge in [-0.3, -0.25) is 0 Å². The van der Waals surface area contributed by atoms with Crippen molar-refractivity contribution in [3.8, 4) is 0 Å². The molecule has 3 aromatic carbocycles. The quantitative estimate of drug-likeness (QED) is 0.177. The summed E-state index contributed by atoms with van der Waals surface area (Å²) in [4.78, 5) is 12.5. The maximum Gasteiger partial charge on any atom is 0.500 e. The summed E-state index contributed by atoms with van der Waals surface area (Å²) in [5.74, 6) is 0. The molecule has 6 nitrogen and oxygen atoms in total. The smallest absolute Gasteiger partial charge is 0.374 e. The normalized spacial score (nSPS) is 11.4. The summed E-state index contributed by atoms with van der Waals surface area (Å²) in [7, 11) is -3.36. The van der Waals surface area contributed by atoms with Gasteiger partial charge in [0.2, 0.25) is 0 Å². The van der Waals surface area contributed by atoms with Crippen molar-refractivity contribution in [1.82, 2.24) is 5.32 Å². The van der Waals surface area contributed by atoms with E-state index in [1.165, 1.54) is 15.9 Å². The molecule has 36 heavy (non-hydrogen) atoms. The largest absolute Gasteiger partial charge is 0.500 e. The lowest BCUT2D eigenvalue weighted by atomic mass is 10.3. The highest BCUT2D eigenvalue weighted by molar-refractivity contribution is 7.79. The van der Waals surface area contributed by atoms with Crippen LogP contribution in [0.25, 0.3) is 0 Å². The van der Waals surface area contributed by atoms with E-state index in [-0.39, 0.29) is 6.03 Å². The number of rotatable bonds is 14. The highest BCUT2D eigenvalue weighted by Crippen LogP contribution is 2.32. The first-order valence-electron chi connectivity index (χ1n) is 12.6. The SMILES string of the molecule is CCO[Si](CCCNC(=O)Nc1ccc(P(c2ccccc2)c2ccccc2)cc1)(OCC)OCC. The number of urea groups is 1. The zero-order valence-electron chi connectivity index (χ0n) is 21.4. The van der Waals surface area contributed by atoms with Crippen LogP contribution in [0.2, 0.25) is 6.04 Å². The molecule has 0 fully saturated rings. The van der Waals surface area contributed by atoms with Gasteiger partial charge in [-0.2, -0.15) is 0 Å². The van der Waals surface area contributed by atoms with Crippen LogP contribution in [-0.2, 0) is 13.3 Å². The third-order valence-electron chi connectivity index (χ3n) is 5.45. The van der Waals surface area contributed by atoms with E-state index in [9.17, 15) is 4.79 Å². The maximum atomic E-state index is 12.5. The number of carbonyl (C=O) groups excluding carboxylic acids is 1. The first-order chi connectivity index (χ1) is 17.6. The summed E-state index contributed by atoms with van der Waals surface area (Å²) in [5.41, 5.74) is 0.758. The van der Waals surface area contributed by atoms with Crippen molar-refractivity contribution in [3.63, 3.8) is 0 Å². The zero-order chi connectivity index (χ0) is 25.6. The fourth-order valence-electron chi connectivity index (χ4n) is 3.98. The van der Waals surface area contributed by atoms with Crippen molar-refractivity contribution in [1.29, 1.82) is 0 Å². The Morgan fingerprint density at radius 1 is 0.722 bits per heavy atom. The molecule has 0 spiro atoms. The van der Waals surface area contributed by atoms with Crippen LogP contribution in [0.1, 0.15) is 27.2 Å². The van der Waals surface area contributed by atoms with Gasteiger partial charge in [0.05, 0.1) is 0 Å². The number of hydrogen-bond acceptors (Lipinski definition) is 4. The molecule has 0 saturated carbocycles. The van der Waals surface area contributed by atoms with Gasteiger partial charge in [0, 0.05) is 38.1 Å². The Balaban J connectivity index is 1.57. The minimum atomic E-state index is -2.68. The summed E-state index contributed by atoms with van der Waals surface area (Å²) in [6, 6.07) is 29.7. The van der Waals surface area contributed by atoms with Crippen LogP contribution in [0.15, 0.2) is 84.9 Å². The predicted molar refractivity (Wildman–Crippen MR) is 152 cm³/mol. The number of nitrogens with one attached hydrogen (secondary N) is 2. The second kappa shape index (κ2) is 14.9. The highest BCUT2D eigenvalue weighted by Gasteiger charge is 2.39. The number of anilines is 1. The van der Waals surface area contributed by atoms with Gasteiger partial charge < -0.3 is 23.9 Å². The first kappa shape index (κ1) is 28.0. The van der Waals surface area contributed by atoms with Crippen molar-refractivity contribution in [2.24, 2.45) is 0 Å². The molecule has 3 aromatic rings. The Morgan fingerprint density at radius 3 is 1.67 bits per heavy atom. The molecular weight excluding hydrogens is 487 g/mol. The van der Waals surface area contributed by atoms with E-state index in [1.54, 1.807) is 0 Å². The minimum absolute atomic E-state index is 0.229. The highest BCUT2D eigenvalue weighted by atomic mass is 31.1. The average molecular weight is 525 g/mol. The minimum Gasteiger partial charge on any atom is -0.374 e. The lowest BCUT2D eigenvalue weighted by Gasteiger charge is -2.28. The Hall–Kier alpha value is -2.54. The lowest BCUT2D eigenvalue weighted by molar-refractivity contribution is 0.0708. The maximum absolute atomic E-state index is 12.5. The molecule has 0 unspecified atom stereocenters. The predicted octanol–water partition coefficient (Wildman–Crippen LogP) is 5.00. The lowest BCUT2D eigenvalue weighted by Crippen LogP contribution is -2.46. The molecule has 0 aliphatic heterocycles. The number of benzene rings is 3. The Bertz CT molecular complexity index is 982. The molecule has 192 valence electrons. The molecule has 0 saturated heterocycles. The molecule has 0 bridgehead atoms. The third-order valence-corrected chi connectivity index (χ3v) is 11.0. The topological polar surface area (TPSA) is 68.8 Å². The molecular formula is C28H37N2O4PSi. The van der Waals surface area contributed by atoms with E-state index in [4.69, 9.17) is 13.3 Å². The van der Waals surface area contributed by atoms with Crippen molar-refractivity contribution >= 4 is 44.4 Å². The summed E-state index contributed by atoms with van der Waals surface area (Å²) in [5, 5.41) is 9.69. The Kier molecular flexibility index (Phi) is 11.6. The van der Waals surface area contributed by atoms with Crippen LogP contribution in [0.5, 0.6) is 0 Å². The van der Waals surface area contributed by atoms with Crippen molar-refractivity contribution < 1.29 is 18.1 Å². The summed E-state index contributed by atoms with van der Waals surface area (Å²) >= 11 is 0. The van der Waals surface area contributed by atoms with Gasteiger partial charge in [-0.05, 0) is 63.2 Å². The van der Waals surface area contributed by atoms with Gasteiger partial charge in [0.15, 0.2) is 0 Å². The molecule has 0 atom stereocenters. The van der Waals surface area contributed by atoms with Crippen LogP contribution < -0.4 is 26.5 Å². The second-order valence-electron chi connectivity index (χ2n) is 8.02. The van der Waals surface area contributed by atoms with Crippen molar-refractivity contribution in [2.75, 3.05) is 31.7 Å². The molecule has 3 rings (SSSR count). The van der Waals surface area contributed by atoms with Gasteiger partial charge in [-0.1, -0.05) is 72.8 Å². The van der Waals surface area contributed by atoms with E-state index < -0.39 is 16.7 Å². The molecule has 0 radical (unpaired) electrons. The van der Waals surface area contributed by atoms with Crippen LogP contribution in [0, 0.1) is 0 Å². The van der Waals surface area contributed by atoms with Crippen LogP contribution in [0.3, 0.4) is 0 Å². The van der Waals surface area contributed by atoms with E-state index in [2.05, 4.69) is 71.3 Å². The van der Waals surface area contributed by atoms with E-state index >= 15 is 0 Å². The Morgan fingerprint density at radius 2 is 1.19 bits per heavy atom. The molecule has 0 aliphatic carbocycles. The van der Waals surface area contributed by atoms with Crippen molar-refractivity contribution in [2.45, 2.75) is 33.2 Å². The monoisotopic (exact) mass is 524 g/mol. The van der Waals surface area contributed by atoms with Gasteiger partial charge in [0.1, 0.15) is 0 Å². The first-order valence-corrected chi connectivity index (χ1v) is 15.8. The van der Waals surface area contributed by atoms with E-state index in [1.807, 2.05) is 45.0 Å². The van der Waals surface area contributed by atoms with E-state index in [0.717, 1.165) is 12.1 Å². The van der Waals surface area contributed by atoms with Crippen LogP contribution >= 0.6 is 7.92 Å². The van der Waals surface area contributed by atoms with Crippen molar-refractivity contribution in [3.05, 3.63) is 84.9 Å². The summed E-state index contributed by atoms with van der Waals surface area (Å²) in [6.45, 7) is 7.99. The fourth-order valence-corrected chi connectivity index (χ4v) is 8.87. The number of amides is 2. The summed E-state index contributed by atoms with van der Waals surface area (Å²) < 4.78 is 17.6. The summed E-state index contributed by atoms with van der Waals surface area (Å²) in [6.07, 6.45) is 0.719. The average Bonchev–Trinajstić information content (AvgIpc) is 2.90. The number of carbonyl (C=O) groups is 1. The molecule has 0 heterocycles. The zero-order valence-corrected chi connectivity index (χ0v) is 23.3. The van der Waals surface area contributed by atoms with Crippen LogP contribution in [-0.4, -0.2) is 41.2 Å². The molecule has 8 heteroatoms. The number of hydrogen-bond donors (Lipinski definition) is 2. The van der Waals surface area contributed by atoms with Crippen LogP contribution in [0.4, 0.5) is 10.5 Å². The standard InChI is InChI=1S/C28H37N2O4PSi/c1-4-32-36(33-5-2,34-6-3)23-13-22-29-28(31)30-24-18-20-27(21-19-24)35(25-14-9-7-10-15-25)26-16-11-8-12-17-26/h7-12,14-21H,4-6,13,22-23H2,1-3H3,(H2,29,30,31). The third kappa shape index (κ3) is 8.25. The Labute approximate surface area is 217 Å². The molecule has 0 aromatic heterocycles. The molecule has 0 aliphatic rings. The van der Waals surface area contributed by atoms with Gasteiger partial charge in [-0.15, -0.1) is 0 Å². The van der Waals surface area contributed by atoms with E-state index in [0.29, 0.717) is 32.4 Å². The second-order valence-corrected chi connectivity index (χ2v) is 13.0. The fraction of sp³-hybridized carbons (Fsp3) is 0.321. The van der Waals surface area contributed by atoms with Gasteiger partial charge >= 0.3 is 14.8 Å². The van der Waals surface area contributed by atoms with Gasteiger partial charge in [-0.25, -0.2) is 4.79 Å². The molecule has 2 N–H and O–H groups in total. The van der Waals surface area contributed by atoms with Gasteiger partial charge in [0.25, 0.3) is 0 Å².